The number of benzene rings is 1. The van der Waals surface area contributed by atoms with Crippen molar-refractivity contribution in [3.63, 3.8) is 0 Å². The molecule has 1 aliphatic rings. The third kappa shape index (κ3) is 3.40. The van der Waals surface area contributed by atoms with Crippen molar-refractivity contribution in [3.8, 4) is 0 Å². The first-order chi connectivity index (χ1) is 11.6. The minimum atomic E-state index is -0.300. The maximum Gasteiger partial charge on any atom is 0.409 e. The number of amides is 2. The van der Waals surface area contributed by atoms with Crippen molar-refractivity contribution in [2.75, 3.05) is 32.8 Å². The van der Waals surface area contributed by atoms with Crippen LogP contribution >= 0.6 is 15.9 Å². The quantitative estimate of drug-likeness (QED) is 0.805. The molecule has 2 aromatic rings. The molecule has 1 fully saturated rings. The molecule has 0 bridgehead atoms. The number of carbonyl (C=O) groups is 2. The van der Waals surface area contributed by atoms with Gasteiger partial charge in [0.2, 0.25) is 5.91 Å². The predicted molar refractivity (Wildman–Crippen MR) is 94.8 cm³/mol. The zero-order valence-electron chi connectivity index (χ0n) is 13.6. The highest BCUT2D eigenvalue weighted by Crippen LogP contribution is 2.24. The zero-order valence-corrected chi connectivity index (χ0v) is 15.2. The van der Waals surface area contributed by atoms with Gasteiger partial charge in [-0.05, 0) is 25.1 Å². The number of fused-ring (bicyclic) bond motifs is 1. The first-order valence-electron chi connectivity index (χ1n) is 8.03. The number of halogens is 1. The lowest BCUT2D eigenvalue weighted by atomic mass is 10.2. The molecule has 1 aromatic carbocycles. The summed E-state index contributed by atoms with van der Waals surface area (Å²) in [6.07, 6.45) is 1.63. The summed E-state index contributed by atoms with van der Waals surface area (Å²) in [6.45, 7) is 4.58. The highest BCUT2D eigenvalue weighted by atomic mass is 79.9. The average Bonchev–Trinajstić information content (AvgIpc) is 2.99. The fraction of sp³-hybridized carbons (Fsp3) is 0.412. The molecule has 128 valence electrons. The second-order valence-electron chi connectivity index (χ2n) is 5.68. The van der Waals surface area contributed by atoms with Crippen LogP contribution in [0.5, 0.6) is 0 Å². The van der Waals surface area contributed by atoms with E-state index in [0.29, 0.717) is 39.3 Å². The number of piperazine rings is 1. The summed E-state index contributed by atoms with van der Waals surface area (Å²) in [7, 11) is 0. The van der Waals surface area contributed by atoms with Gasteiger partial charge in [-0.2, -0.15) is 0 Å². The van der Waals surface area contributed by atoms with Crippen LogP contribution < -0.4 is 0 Å². The molecule has 0 radical (unpaired) electrons. The van der Waals surface area contributed by atoms with E-state index in [-0.39, 0.29) is 12.0 Å². The number of rotatable bonds is 3. The van der Waals surface area contributed by atoms with E-state index in [4.69, 9.17) is 4.74 Å². The summed E-state index contributed by atoms with van der Waals surface area (Å²) in [5.41, 5.74) is 1.03. The third-order valence-corrected chi connectivity index (χ3v) is 4.92. The van der Waals surface area contributed by atoms with E-state index in [0.717, 1.165) is 15.4 Å². The standard InChI is InChI=1S/C17H20BrN3O3/c1-2-24-17(23)20-10-8-19(9-11-20)16(22)12-21-7-6-13-14(18)4-3-5-15(13)21/h3-7H,2,8-12H2,1H3. The SMILES string of the molecule is CCOC(=O)N1CCN(C(=O)Cn2ccc3c(Br)cccc32)CC1. The highest BCUT2D eigenvalue weighted by Gasteiger charge is 2.25. The molecule has 0 atom stereocenters. The van der Waals surface area contributed by atoms with Crippen LogP contribution in [0.15, 0.2) is 34.9 Å². The van der Waals surface area contributed by atoms with Gasteiger partial charge in [0.1, 0.15) is 6.54 Å². The molecule has 0 N–H and O–H groups in total. The largest absolute Gasteiger partial charge is 0.450 e. The number of nitrogens with zero attached hydrogens (tertiary/aromatic N) is 3. The minimum absolute atomic E-state index is 0.0657. The average molecular weight is 394 g/mol. The molecule has 0 saturated carbocycles. The van der Waals surface area contributed by atoms with E-state index in [1.165, 1.54) is 0 Å². The fourth-order valence-corrected chi connectivity index (χ4v) is 3.41. The molecule has 1 saturated heterocycles. The maximum atomic E-state index is 12.6. The topological polar surface area (TPSA) is 54.8 Å². The second-order valence-corrected chi connectivity index (χ2v) is 6.54. The van der Waals surface area contributed by atoms with Crippen molar-refractivity contribution in [2.24, 2.45) is 0 Å². The molecule has 6 nitrogen and oxygen atoms in total. The van der Waals surface area contributed by atoms with Crippen LogP contribution in [-0.2, 0) is 16.1 Å². The van der Waals surface area contributed by atoms with Crippen LogP contribution in [0.3, 0.4) is 0 Å². The molecule has 1 aliphatic heterocycles. The summed E-state index contributed by atoms with van der Waals surface area (Å²) in [6, 6.07) is 7.96. The molecule has 24 heavy (non-hydrogen) atoms. The van der Waals surface area contributed by atoms with Gasteiger partial charge in [-0.3, -0.25) is 4.79 Å². The van der Waals surface area contributed by atoms with Crippen molar-refractivity contribution in [3.05, 3.63) is 34.9 Å². The summed E-state index contributed by atoms with van der Waals surface area (Å²) >= 11 is 3.53. The van der Waals surface area contributed by atoms with E-state index >= 15 is 0 Å². The van der Waals surface area contributed by atoms with Gasteiger partial charge >= 0.3 is 6.09 Å². The van der Waals surface area contributed by atoms with Crippen LogP contribution in [0.25, 0.3) is 10.9 Å². The molecule has 7 heteroatoms. The monoisotopic (exact) mass is 393 g/mol. The number of ether oxygens (including phenoxy) is 1. The second kappa shape index (κ2) is 7.25. The molecular weight excluding hydrogens is 374 g/mol. The van der Waals surface area contributed by atoms with Crippen LogP contribution in [0, 0.1) is 0 Å². The number of aromatic nitrogens is 1. The highest BCUT2D eigenvalue weighted by molar-refractivity contribution is 9.10. The van der Waals surface area contributed by atoms with E-state index in [1.54, 1.807) is 16.7 Å². The van der Waals surface area contributed by atoms with Crippen molar-refractivity contribution < 1.29 is 14.3 Å². The van der Waals surface area contributed by atoms with Crippen LogP contribution in [0.1, 0.15) is 6.92 Å². The Kier molecular flexibility index (Phi) is 5.08. The summed E-state index contributed by atoms with van der Waals surface area (Å²) in [5.74, 6) is 0.0657. The predicted octanol–water partition coefficient (Wildman–Crippen LogP) is 2.70. The first kappa shape index (κ1) is 16.8. The molecule has 2 amide bonds. The fourth-order valence-electron chi connectivity index (χ4n) is 2.92. The Morgan fingerprint density at radius 1 is 1.12 bits per heavy atom. The van der Waals surface area contributed by atoms with Crippen LogP contribution in [-0.4, -0.2) is 59.2 Å². The van der Waals surface area contributed by atoms with Crippen LogP contribution in [0.2, 0.25) is 0 Å². The Morgan fingerprint density at radius 2 is 1.83 bits per heavy atom. The van der Waals surface area contributed by atoms with Gasteiger partial charge in [-0.1, -0.05) is 22.0 Å². The molecule has 0 spiro atoms. The van der Waals surface area contributed by atoms with Gasteiger partial charge in [0.05, 0.1) is 6.61 Å². The van der Waals surface area contributed by atoms with Gasteiger partial charge in [-0.25, -0.2) is 4.79 Å². The summed E-state index contributed by atoms with van der Waals surface area (Å²) in [4.78, 5) is 27.7. The molecule has 3 rings (SSSR count). The van der Waals surface area contributed by atoms with Gasteiger partial charge in [-0.15, -0.1) is 0 Å². The van der Waals surface area contributed by atoms with Gasteiger partial charge in [0.25, 0.3) is 0 Å². The van der Waals surface area contributed by atoms with Crippen molar-refractivity contribution >= 4 is 38.8 Å². The lowest BCUT2D eigenvalue weighted by Gasteiger charge is -2.34. The van der Waals surface area contributed by atoms with E-state index in [1.807, 2.05) is 35.0 Å². The molecule has 0 aliphatic carbocycles. The Labute approximate surface area is 149 Å². The minimum Gasteiger partial charge on any atom is -0.450 e. The normalized spacial score (nSPS) is 14.9. The molecule has 1 aromatic heterocycles. The first-order valence-corrected chi connectivity index (χ1v) is 8.82. The van der Waals surface area contributed by atoms with Crippen molar-refractivity contribution in [1.82, 2.24) is 14.4 Å². The van der Waals surface area contributed by atoms with E-state index < -0.39 is 0 Å². The van der Waals surface area contributed by atoms with Crippen molar-refractivity contribution in [1.29, 1.82) is 0 Å². The van der Waals surface area contributed by atoms with E-state index in [9.17, 15) is 9.59 Å². The Bertz CT molecular complexity index is 751. The van der Waals surface area contributed by atoms with Gasteiger partial charge in [0.15, 0.2) is 0 Å². The van der Waals surface area contributed by atoms with Gasteiger partial charge in [0, 0.05) is 47.8 Å². The lowest BCUT2D eigenvalue weighted by Crippen LogP contribution is -2.51. The van der Waals surface area contributed by atoms with E-state index in [2.05, 4.69) is 15.9 Å². The maximum absolute atomic E-state index is 12.6. The molecule has 0 unspecified atom stereocenters. The lowest BCUT2D eigenvalue weighted by molar-refractivity contribution is -0.133. The zero-order chi connectivity index (χ0) is 17.1. The Balaban J connectivity index is 1.62. The Morgan fingerprint density at radius 3 is 2.54 bits per heavy atom. The third-order valence-electron chi connectivity index (χ3n) is 4.22. The van der Waals surface area contributed by atoms with Crippen molar-refractivity contribution in [2.45, 2.75) is 13.5 Å². The van der Waals surface area contributed by atoms with Gasteiger partial charge < -0.3 is 19.1 Å². The summed E-state index contributed by atoms with van der Waals surface area (Å²) < 4.78 is 7.98. The number of carbonyl (C=O) groups excluding carboxylic acids is 2. The number of hydrogen-bond donors (Lipinski definition) is 0. The number of hydrogen-bond acceptors (Lipinski definition) is 3. The summed E-state index contributed by atoms with van der Waals surface area (Å²) in [5, 5.41) is 1.09. The molecular formula is C17H20BrN3O3. The molecule has 2 heterocycles. The van der Waals surface area contributed by atoms with Crippen LogP contribution in [0.4, 0.5) is 4.79 Å². The smallest absolute Gasteiger partial charge is 0.409 e. The Hall–Kier alpha value is -2.02.